The standard InChI is InChI=1S/C25H31ClFN9O/c1-16-14-21(33-32-16)29-20-15-22(35-12-10-34(2)11-13-35)31-25(30-20)28-17-6-8-36(9-7-17)24(37)18-4-3-5-19(26)23(18)27/h3-5,14-15,17H,6-13H2,1-2H3,(H3,28,29,30,31,32,33). The zero-order valence-corrected chi connectivity index (χ0v) is 21.7. The van der Waals surface area contributed by atoms with Crippen molar-refractivity contribution < 1.29 is 9.18 Å². The molecule has 3 N–H and O–H groups in total. The average Bonchev–Trinajstić information content (AvgIpc) is 3.30. The summed E-state index contributed by atoms with van der Waals surface area (Å²) in [6.07, 6.45) is 1.38. The van der Waals surface area contributed by atoms with Gasteiger partial charge in [0.1, 0.15) is 11.6 Å². The second-order valence-corrected chi connectivity index (χ2v) is 10.0. The first-order valence-corrected chi connectivity index (χ1v) is 12.8. The minimum absolute atomic E-state index is 0.00596. The van der Waals surface area contributed by atoms with E-state index < -0.39 is 5.82 Å². The maximum absolute atomic E-state index is 14.4. The topological polar surface area (TPSA) is 105 Å². The van der Waals surface area contributed by atoms with E-state index in [9.17, 15) is 9.18 Å². The summed E-state index contributed by atoms with van der Waals surface area (Å²) in [5.74, 6) is 1.71. The normalized spacial score (nSPS) is 17.2. The summed E-state index contributed by atoms with van der Waals surface area (Å²) in [6.45, 7) is 6.64. The molecule has 0 bridgehead atoms. The number of hydrogen-bond donors (Lipinski definition) is 3. The van der Waals surface area contributed by atoms with Crippen molar-refractivity contribution in [3.63, 3.8) is 0 Å². The highest BCUT2D eigenvalue weighted by Gasteiger charge is 2.27. The zero-order valence-electron chi connectivity index (χ0n) is 21.0. The van der Waals surface area contributed by atoms with Crippen LogP contribution in [0.3, 0.4) is 0 Å². The van der Waals surface area contributed by atoms with Crippen LogP contribution in [0.15, 0.2) is 30.3 Å². The van der Waals surface area contributed by atoms with Gasteiger partial charge in [0.25, 0.3) is 5.91 Å². The minimum atomic E-state index is -0.671. The first-order valence-electron chi connectivity index (χ1n) is 12.5. The first kappa shape index (κ1) is 25.2. The van der Waals surface area contributed by atoms with Crippen LogP contribution in [0, 0.1) is 12.7 Å². The van der Waals surface area contributed by atoms with Gasteiger partial charge in [0.15, 0.2) is 11.6 Å². The fourth-order valence-electron chi connectivity index (χ4n) is 4.62. The number of hydrogen-bond acceptors (Lipinski definition) is 8. The average molecular weight is 528 g/mol. The van der Waals surface area contributed by atoms with E-state index in [0.717, 1.165) is 37.7 Å². The van der Waals surface area contributed by atoms with Crippen LogP contribution < -0.4 is 15.5 Å². The number of halogens is 2. The highest BCUT2D eigenvalue weighted by Crippen LogP contribution is 2.25. The van der Waals surface area contributed by atoms with Crippen molar-refractivity contribution in [2.75, 3.05) is 61.8 Å². The van der Waals surface area contributed by atoms with Gasteiger partial charge in [-0.25, -0.2) is 4.39 Å². The van der Waals surface area contributed by atoms with Crippen LogP contribution in [0.25, 0.3) is 0 Å². The van der Waals surface area contributed by atoms with E-state index in [-0.39, 0.29) is 22.5 Å². The van der Waals surface area contributed by atoms with Crippen molar-refractivity contribution in [1.82, 2.24) is 30.0 Å². The first-order chi connectivity index (χ1) is 17.9. The molecule has 2 saturated heterocycles. The quantitative estimate of drug-likeness (QED) is 0.447. The lowest BCUT2D eigenvalue weighted by Crippen LogP contribution is -2.45. The summed E-state index contributed by atoms with van der Waals surface area (Å²) in [5.41, 5.74) is 0.958. The maximum Gasteiger partial charge on any atom is 0.256 e. The Hall–Kier alpha value is -3.44. The number of aromatic amines is 1. The van der Waals surface area contributed by atoms with E-state index in [1.165, 1.54) is 12.1 Å². The number of carbonyl (C=O) groups excluding carboxylic acids is 1. The molecule has 1 aromatic carbocycles. The Balaban J connectivity index is 1.28. The molecule has 0 unspecified atom stereocenters. The number of benzene rings is 1. The van der Waals surface area contributed by atoms with E-state index in [0.29, 0.717) is 43.5 Å². The Kier molecular flexibility index (Phi) is 7.43. The molecule has 2 aliphatic heterocycles. The second-order valence-electron chi connectivity index (χ2n) is 9.60. The highest BCUT2D eigenvalue weighted by atomic mass is 35.5. The molecule has 3 aromatic rings. The van der Waals surface area contributed by atoms with Crippen molar-refractivity contribution >= 4 is 40.9 Å². The maximum atomic E-state index is 14.4. The zero-order chi connectivity index (χ0) is 25.9. The van der Waals surface area contributed by atoms with Crippen molar-refractivity contribution in [1.29, 1.82) is 0 Å². The third-order valence-corrected chi connectivity index (χ3v) is 7.09. The molecule has 5 rings (SSSR count). The summed E-state index contributed by atoms with van der Waals surface area (Å²) in [4.78, 5) is 28.6. The van der Waals surface area contributed by atoms with Gasteiger partial charge in [-0.05, 0) is 38.9 Å². The number of carbonyl (C=O) groups is 1. The number of rotatable bonds is 6. The smallest absolute Gasteiger partial charge is 0.256 e. The van der Waals surface area contributed by atoms with Gasteiger partial charge < -0.3 is 25.3 Å². The second kappa shape index (κ2) is 10.9. The van der Waals surface area contributed by atoms with Gasteiger partial charge in [-0.15, -0.1) is 0 Å². The fourth-order valence-corrected chi connectivity index (χ4v) is 4.80. The van der Waals surface area contributed by atoms with Crippen LogP contribution in [0.4, 0.5) is 27.8 Å². The Morgan fingerprint density at radius 1 is 1.08 bits per heavy atom. The van der Waals surface area contributed by atoms with Gasteiger partial charge in [-0.1, -0.05) is 17.7 Å². The largest absolute Gasteiger partial charge is 0.354 e. The van der Waals surface area contributed by atoms with Gasteiger partial charge >= 0.3 is 0 Å². The Morgan fingerprint density at radius 2 is 1.84 bits per heavy atom. The number of nitrogens with one attached hydrogen (secondary N) is 3. The van der Waals surface area contributed by atoms with Crippen molar-refractivity contribution in [3.8, 4) is 0 Å². The molecule has 2 fully saturated rings. The van der Waals surface area contributed by atoms with Crippen LogP contribution in [-0.4, -0.2) is 88.2 Å². The summed E-state index contributed by atoms with van der Waals surface area (Å²) in [6, 6.07) is 8.45. The minimum Gasteiger partial charge on any atom is -0.354 e. The van der Waals surface area contributed by atoms with E-state index in [2.05, 4.69) is 37.7 Å². The van der Waals surface area contributed by atoms with Crippen LogP contribution in [-0.2, 0) is 0 Å². The summed E-state index contributed by atoms with van der Waals surface area (Å²) in [7, 11) is 2.12. The molecule has 10 nitrogen and oxygen atoms in total. The summed E-state index contributed by atoms with van der Waals surface area (Å²) >= 11 is 5.87. The Morgan fingerprint density at radius 3 is 2.54 bits per heavy atom. The number of nitrogens with zero attached hydrogens (tertiary/aromatic N) is 6. The van der Waals surface area contributed by atoms with Crippen molar-refractivity contribution in [3.05, 3.63) is 52.4 Å². The lowest BCUT2D eigenvalue weighted by Gasteiger charge is -2.34. The van der Waals surface area contributed by atoms with E-state index in [1.54, 1.807) is 11.0 Å². The van der Waals surface area contributed by atoms with E-state index in [4.69, 9.17) is 21.6 Å². The molecule has 4 heterocycles. The molecule has 2 aromatic heterocycles. The number of piperidine rings is 1. The molecule has 0 radical (unpaired) electrons. The third kappa shape index (κ3) is 5.94. The molecule has 0 aliphatic carbocycles. The monoisotopic (exact) mass is 527 g/mol. The van der Waals surface area contributed by atoms with Crippen LogP contribution >= 0.6 is 11.6 Å². The molecule has 2 aliphatic rings. The number of anilines is 4. The van der Waals surface area contributed by atoms with Gasteiger partial charge in [0.2, 0.25) is 5.95 Å². The molecule has 196 valence electrons. The number of likely N-dealkylation sites (tertiary alicyclic amines) is 1. The van der Waals surface area contributed by atoms with E-state index in [1.807, 2.05) is 19.1 Å². The molecule has 0 saturated carbocycles. The predicted molar refractivity (Wildman–Crippen MR) is 142 cm³/mol. The molecule has 0 atom stereocenters. The van der Waals surface area contributed by atoms with Gasteiger partial charge in [-0.2, -0.15) is 15.1 Å². The Labute approximate surface area is 220 Å². The molecule has 12 heteroatoms. The fraction of sp³-hybridized carbons (Fsp3) is 0.440. The number of aromatic nitrogens is 4. The van der Waals surface area contributed by atoms with Gasteiger partial charge in [0, 0.05) is 63.1 Å². The molecular formula is C25H31ClFN9O. The van der Waals surface area contributed by atoms with Gasteiger partial charge in [-0.3, -0.25) is 9.89 Å². The molecule has 37 heavy (non-hydrogen) atoms. The van der Waals surface area contributed by atoms with E-state index >= 15 is 0 Å². The predicted octanol–water partition coefficient (Wildman–Crippen LogP) is 3.51. The number of H-pyrrole nitrogens is 1. The van der Waals surface area contributed by atoms with Crippen LogP contribution in [0.5, 0.6) is 0 Å². The third-order valence-electron chi connectivity index (χ3n) is 6.80. The summed E-state index contributed by atoms with van der Waals surface area (Å²) in [5, 5.41) is 13.9. The lowest BCUT2D eigenvalue weighted by atomic mass is 10.0. The lowest BCUT2D eigenvalue weighted by molar-refractivity contribution is 0.0713. The number of likely N-dealkylation sites (N-methyl/N-ethyl adjacent to an activating group) is 1. The highest BCUT2D eigenvalue weighted by molar-refractivity contribution is 6.31. The van der Waals surface area contributed by atoms with Crippen LogP contribution in [0.2, 0.25) is 5.02 Å². The molecule has 0 spiro atoms. The van der Waals surface area contributed by atoms with Crippen molar-refractivity contribution in [2.45, 2.75) is 25.8 Å². The SMILES string of the molecule is Cc1cc(Nc2cc(N3CCN(C)CC3)nc(NC3CCN(C(=O)c4cccc(Cl)c4F)CC3)n2)n[nH]1. The number of amides is 1. The molecular weight excluding hydrogens is 497 g/mol. The van der Waals surface area contributed by atoms with Crippen LogP contribution in [0.1, 0.15) is 28.9 Å². The Bertz CT molecular complexity index is 1250. The van der Waals surface area contributed by atoms with Crippen molar-refractivity contribution in [2.24, 2.45) is 0 Å². The number of aryl methyl sites for hydroxylation is 1. The molecule has 1 amide bonds. The number of piperazine rings is 1. The van der Waals surface area contributed by atoms with Gasteiger partial charge in [0.05, 0.1) is 10.6 Å². The summed E-state index contributed by atoms with van der Waals surface area (Å²) < 4.78 is 14.4.